The van der Waals surface area contributed by atoms with Gasteiger partial charge in [-0.3, -0.25) is 9.59 Å². The van der Waals surface area contributed by atoms with Crippen molar-refractivity contribution in [2.75, 3.05) is 5.33 Å². The van der Waals surface area contributed by atoms with Crippen LogP contribution in [0.2, 0.25) is 0 Å². The lowest BCUT2D eigenvalue weighted by Crippen LogP contribution is -2.24. The number of fused-ring (bicyclic) bond motifs is 1. The van der Waals surface area contributed by atoms with Crippen LogP contribution >= 0.6 is 15.9 Å². The van der Waals surface area contributed by atoms with E-state index in [1.165, 1.54) is 0 Å². The standard InChI is InChI=1S/C12H9BrO3/c13-6-5-9-10(14)7-3-1-2-4-8(7)11(15)12(9)16/h1-4,14H,5-6H2. The Morgan fingerprint density at radius 1 is 1.06 bits per heavy atom. The van der Waals surface area contributed by atoms with Gasteiger partial charge in [0.1, 0.15) is 5.76 Å². The van der Waals surface area contributed by atoms with Gasteiger partial charge in [0.25, 0.3) is 0 Å². The largest absolute Gasteiger partial charge is 0.507 e. The Kier molecular flexibility index (Phi) is 2.92. The molecule has 0 heterocycles. The summed E-state index contributed by atoms with van der Waals surface area (Å²) < 4.78 is 0. The number of carbonyl (C=O) groups is 2. The third-order valence-electron chi connectivity index (χ3n) is 2.54. The summed E-state index contributed by atoms with van der Waals surface area (Å²) in [6.07, 6.45) is 0.352. The zero-order valence-electron chi connectivity index (χ0n) is 8.37. The van der Waals surface area contributed by atoms with Crippen LogP contribution in [0.3, 0.4) is 0 Å². The van der Waals surface area contributed by atoms with Crippen molar-refractivity contribution in [1.82, 2.24) is 0 Å². The van der Waals surface area contributed by atoms with Crippen molar-refractivity contribution in [2.45, 2.75) is 6.42 Å². The first-order valence-electron chi connectivity index (χ1n) is 4.83. The molecule has 0 radical (unpaired) electrons. The molecule has 0 saturated heterocycles. The number of allylic oxidation sites excluding steroid dienone is 1. The Morgan fingerprint density at radius 2 is 1.69 bits per heavy atom. The van der Waals surface area contributed by atoms with Crippen molar-refractivity contribution in [3.05, 3.63) is 41.0 Å². The number of alkyl halides is 1. The Morgan fingerprint density at radius 3 is 2.31 bits per heavy atom. The van der Waals surface area contributed by atoms with E-state index in [-0.39, 0.29) is 16.9 Å². The molecule has 0 spiro atoms. The Bertz CT molecular complexity index is 503. The summed E-state index contributed by atoms with van der Waals surface area (Å²) in [5.41, 5.74) is 0.923. The first kappa shape index (κ1) is 11.1. The van der Waals surface area contributed by atoms with Gasteiger partial charge in [0.15, 0.2) is 0 Å². The summed E-state index contributed by atoms with van der Waals surface area (Å²) in [6.45, 7) is 0. The second-order valence-electron chi connectivity index (χ2n) is 3.47. The predicted octanol–water partition coefficient (Wildman–Crippen LogP) is 2.51. The van der Waals surface area contributed by atoms with E-state index in [0.29, 0.717) is 17.3 Å². The van der Waals surface area contributed by atoms with Crippen LogP contribution in [-0.2, 0) is 4.79 Å². The van der Waals surface area contributed by atoms with Crippen LogP contribution < -0.4 is 0 Å². The maximum absolute atomic E-state index is 11.7. The van der Waals surface area contributed by atoms with E-state index in [9.17, 15) is 14.7 Å². The number of rotatable bonds is 2. The summed E-state index contributed by atoms with van der Waals surface area (Å²) in [5.74, 6) is -1.21. The first-order chi connectivity index (χ1) is 7.66. The molecule has 0 aliphatic heterocycles. The van der Waals surface area contributed by atoms with Gasteiger partial charge < -0.3 is 5.11 Å². The number of carbonyl (C=O) groups excluding carboxylic acids is 2. The van der Waals surface area contributed by atoms with Crippen LogP contribution in [0.1, 0.15) is 22.3 Å². The minimum absolute atomic E-state index is 0.0698. The minimum Gasteiger partial charge on any atom is -0.507 e. The number of halogens is 1. The zero-order chi connectivity index (χ0) is 11.7. The lowest BCUT2D eigenvalue weighted by atomic mass is 9.87. The molecule has 0 amide bonds. The Labute approximate surface area is 101 Å². The molecule has 0 aromatic heterocycles. The molecular formula is C12H9BrO3. The summed E-state index contributed by atoms with van der Waals surface area (Å²) >= 11 is 3.19. The molecule has 82 valence electrons. The number of Topliss-reactive ketones (excluding diaryl/α,β-unsaturated/α-hetero) is 2. The molecule has 0 bridgehead atoms. The van der Waals surface area contributed by atoms with E-state index in [1.54, 1.807) is 24.3 Å². The monoisotopic (exact) mass is 280 g/mol. The van der Waals surface area contributed by atoms with E-state index in [2.05, 4.69) is 15.9 Å². The summed E-state index contributed by atoms with van der Waals surface area (Å²) in [4.78, 5) is 23.4. The number of aliphatic hydroxyl groups is 1. The molecule has 0 unspecified atom stereocenters. The van der Waals surface area contributed by atoms with Gasteiger partial charge in [-0.05, 0) is 6.42 Å². The van der Waals surface area contributed by atoms with Gasteiger partial charge in [-0.1, -0.05) is 40.2 Å². The SMILES string of the molecule is O=C1C(=O)c2ccccc2C(O)=C1CCBr. The minimum atomic E-state index is -0.601. The van der Waals surface area contributed by atoms with Gasteiger partial charge in [0, 0.05) is 22.0 Å². The lowest BCUT2D eigenvalue weighted by Gasteiger charge is -2.16. The summed E-state index contributed by atoms with van der Waals surface area (Å²) in [5, 5.41) is 10.5. The molecule has 0 atom stereocenters. The van der Waals surface area contributed by atoms with E-state index in [0.717, 1.165) is 0 Å². The van der Waals surface area contributed by atoms with Gasteiger partial charge in [0.05, 0.1) is 0 Å². The number of aliphatic hydroxyl groups excluding tert-OH is 1. The van der Waals surface area contributed by atoms with Crippen molar-refractivity contribution in [3.63, 3.8) is 0 Å². The van der Waals surface area contributed by atoms with Crippen molar-refractivity contribution < 1.29 is 14.7 Å². The van der Waals surface area contributed by atoms with Gasteiger partial charge >= 0.3 is 0 Å². The van der Waals surface area contributed by atoms with Gasteiger partial charge in [-0.2, -0.15) is 0 Å². The number of hydrogen-bond acceptors (Lipinski definition) is 3. The second kappa shape index (κ2) is 4.22. The molecule has 1 aliphatic rings. The zero-order valence-corrected chi connectivity index (χ0v) is 9.95. The van der Waals surface area contributed by atoms with Crippen molar-refractivity contribution in [1.29, 1.82) is 0 Å². The molecule has 1 N–H and O–H groups in total. The predicted molar refractivity (Wildman–Crippen MR) is 63.7 cm³/mol. The van der Waals surface area contributed by atoms with Gasteiger partial charge in [-0.15, -0.1) is 0 Å². The average Bonchev–Trinajstić information content (AvgIpc) is 2.32. The highest BCUT2D eigenvalue weighted by atomic mass is 79.9. The average molecular weight is 281 g/mol. The van der Waals surface area contributed by atoms with Gasteiger partial charge in [0.2, 0.25) is 11.6 Å². The van der Waals surface area contributed by atoms with E-state index < -0.39 is 11.6 Å². The van der Waals surface area contributed by atoms with Crippen LogP contribution in [0, 0.1) is 0 Å². The van der Waals surface area contributed by atoms with E-state index in [1.807, 2.05) is 0 Å². The highest BCUT2D eigenvalue weighted by molar-refractivity contribution is 9.09. The quantitative estimate of drug-likeness (QED) is 0.669. The fourth-order valence-electron chi connectivity index (χ4n) is 1.74. The van der Waals surface area contributed by atoms with Crippen LogP contribution in [0.25, 0.3) is 5.76 Å². The molecule has 16 heavy (non-hydrogen) atoms. The topological polar surface area (TPSA) is 54.4 Å². The van der Waals surface area contributed by atoms with Crippen LogP contribution in [0.5, 0.6) is 0 Å². The third kappa shape index (κ3) is 1.59. The number of benzene rings is 1. The van der Waals surface area contributed by atoms with E-state index in [4.69, 9.17) is 0 Å². The molecule has 1 aliphatic carbocycles. The Balaban J connectivity index is 2.64. The van der Waals surface area contributed by atoms with Crippen LogP contribution in [-0.4, -0.2) is 22.0 Å². The smallest absolute Gasteiger partial charge is 0.234 e. The second-order valence-corrected chi connectivity index (χ2v) is 4.26. The lowest BCUT2D eigenvalue weighted by molar-refractivity contribution is -0.112. The number of ketones is 2. The van der Waals surface area contributed by atoms with Crippen molar-refractivity contribution in [2.24, 2.45) is 0 Å². The highest BCUT2D eigenvalue weighted by Crippen LogP contribution is 2.29. The molecule has 2 rings (SSSR count). The molecule has 3 nitrogen and oxygen atoms in total. The molecular weight excluding hydrogens is 272 g/mol. The van der Waals surface area contributed by atoms with Crippen LogP contribution in [0.4, 0.5) is 0 Å². The molecule has 4 heteroatoms. The molecule has 0 fully saturated rings. The molecule has 1 aromatic rings. The first-order valence-corrected chi connectivity index (χ1v) is 5.95. The number of hydrogen-bond donors (Lipinski definition) is 1. The highest BCUT2D eigenvalue weighted by Gasteiger charge is 2.31. The molecule has 0 saturated carbocycles. The van der Waals surface area contributed by atoms with Gasteiger partial charge in [-0.25, -0.2) is 0 Å². The maximum Gasteiger partial charge on any atom is 0.234 e. The fraction of sp³-hybridized carbons (Fsp3) is 0.167. The van der Waals surface area contributed by atoms with Crippen molar-refractivity contribution in [3.8, 4) is 0 Å². The summed E-state index contributed by atoms with van der Waals surface area (Å²) in [6, 6.07) is 6.59. The maximum atomic E-state index is 11.7. The van der Waals surface area contributed by atoms with Crippen molar-refractivity contribution >= 4 is 33.3 Å². The van der Waals surface area contributed by atoms with E-state index >= 15 is 0 Å². The Hall–Kier alpha value is -1.42. The summed E-state index contributed by atoms with van der Waals surface area (Å²) in [7, 11) is 0. The van der Waals surface area contributed by atoms with Crippen LogP contribution in [0.15, 0.2) is 29.8 Å². The normalized spacial score (nSPS) is 15.3. The fourth-order valence-corrected chi connectivity index (χ4v) is 2.14. The third-order valence-corrected chi connectivity index (χ3v) is 2.93. The molecule has 1 aromatic carbocycles.